The zero-order valence-electron chi connectivity index (χ0n) is 20.0. The van der Waals surface area contributed by atoms with E-state index < -0.39 is 11.9 Å². The molecule has 1 saturated heterocycles. The Labute approximate surface area is 202 Å². The van der Waals surface area contributed by atoms with Gasteiger partial charge in [-0.1, -0.05) is 0 Å². The number of carbonyl (C=O) groups excluding carboxylic acids is 1. The predicted molar refractivity (Wildman–Crippen MR) is 131 cm³/mol. The van der Waals surface area contributed by atoms with Crippen molar-refractivity contribution in [2.24, 2.45) is 0 Å². The first-order chi connectivity index (χ1) is 16.8. The number of aromatic amines is 1. The number of pyridine rings is 1. The van der Waals surface area contributed by atoms with Crippen LogP contribution in [0, 0.1) is 12.7 Å². The molecule has 182 valence electrons. The van der Waals surface area contributed by atoms with Gasteiger partial charge >= 0.3 is 6.09 Å². The van der Waals surface area contributed by atoms with Crippen LogP contribution in [0.15, 0.2) is 42.6 Å². The summed E-state index contributed by atoms with van der Waals surface area (Å²) >= 11 is 0. The first kappa shape index (κ1) is 22.9. The fourth-order valence-corrected chi connectivity index (χ4v) is 4.58. The molecular formula is C26H27FN4O4. The number of methoxy groups -OCH3 is 1. The van der Waals surface area contributed by atoms with E-state index in [4.69, 9.17) is 14.2 Å². The van der Waals surface area contributed by atoms with Crippen LogP contribution in [0.3, 0.4) is 0 Å². The molecule has 8 nitrogen and oxygen atoms in total. The van der Waals surface area contributed by atoms with Gasteiger partial charge in [-0.15, -0.1) is 0 Å². The lowest BCUT2D eigenvalue weighted by Gasteiger charge is -2.35. The van der Waals surface area contributed by atoms with Gasteiger partial charge in [0.1, 0.15) is 5.75 Å². The zero-order valence-corrected chi connectivity index (χ0v) is 20.0. The Bertz CT molecular complexity index is 1410. The Balaban J connectivity index is 1.49. The summed E-state index contributed by atoms with van der Waals surface area (Å²) in [5, 5.41) is 4.40. The van der Waals surface area contributed by atoms with Crippen LogP contribution in [-0.2, 0) is 0 Å². The third kappa shape index (κ3) is 4.46. The molecular weight excluding hydrogens is 451 g/mol. The Hall–Kier alpha value is -3.85. The number of fused-ring (bicyclic) bond motifs is 2. The average Bonchev–Trinajstić information content (AvgIpc) is 3.21. The minimum atomic E-state index is -0.464. The van der Waals surface area contributed by atoms with Gasteiger partial charge in [-0.3, -0.25) is 4.98 Å². The molecule has 0 unspecified atom stereocenters. The fourth-order valence-electron chi connectivity index (χ4n) is 4.58. The SMILES string of the molecule is COc1cc2nccc(Oc3ccc4[nH]c(C)cc4c3F)c2cc1OC(=O)N1C[C@@H](C)N[C@@H](C)C1. The molecule has 0 aliphatic carbocycles. The molecule has 1 aliphatic rings. The summed E-state index contributed by atoms with van der Waals surface area (Å²) in [6.45, 7) is 6.99. The number of hydrogen-bond donors (Lipinski definition) is 2. The van der Waals surface area contributed by atoms with Gasteiger partial charge in [-0.05, 0) is 51.1 Å². The minimum absolute atomic E-state index is 0.0853. The van der Waals surface area contributed by atoms with E-state index in [9.17, 15) is 4.79 Å². The second kappa shape index (κ2) is 9.07. The number of aryl methyl sites for hydroxylation is 1. The second-order valence-corrected chi connectivity index (χ2v) is 8.96. The number of hydrogen-bond acceptors (Lipinski definition) is 6. The molecule has 4 aromatic rings. The first-order valence-corrected chi connectivity index (χ1v) is 11.5. The van der Waals surface area contributed by atoms with Gasteiger partial charge < -0.3 is 29.4 Å². The largest absolute Gasteiger partial charge is 0.493 e. The van der Waals surface area contributed by atoms with Crippen LogP contribution in [0.25, 0.3) is 21.8 Å². The summed E-state index contributed by atoms with van der Waals surface area (Å²) in [4.78, 5) is 22.1. The number of H-pyrrole nitrogens is 1. The smallest absolute Gasteiger partial charge is 0.415 e. The second-order valence-electron chi connectivity index (χ2n) is 8.96. The standard InChI is InChI=1S/C26H27FN4O4/c1-14-9-18-19(30-14)5-6-22(25(18)27)34-21-7-8-28-20-11-23(33-4)24(10-17(20)21)35-26(32)31-12-15(2)29-16(3)13-31/h5-11,15-16,29-30H,12-13H2,1-4H3/t15-,16+. The van der Waals surface area contributed by atoms with Gasteiger partial charge in [-0.2, -0.15) is 0 Å². The highest BCUT2D eigenvalue weighted by Gasteiger charge is 2.27. The first-order valence-electron chi connectivity index (χ1n) is 11.5. The number of nitrogens with zero attached hydrogens (tertiary/aromatic N) is 2. The van der Waals surface area contributed by atoms with Gasteiger partial charge in [0.05, 0.1) is 12.6 Å². The van der Waals surface area contributed by atoms with Crippen molar-refractivity contribution in [1.29, 1.82) is 0 Å². The Morgan fingerprint density at radius 1 is 1.03 bits per heavy atom. The lowest BCUT2D eigenvalue weighted by molar-refractivity contribution is 0.125. The quantitative estimate of drug-likeness (QED) is 0.422. The molecule has 2 N–H and O–H groups in total. The molecule has 2 atom stereocenters. The predicted octanol–water partition coefficient (Wildman–Crippen LogP) is 5.15. The normalized spacial score (nSPS) is 18.1. The highest BCUT2D eigenvalue weighted by Crippen LogP contribution is 2.38. The summed E-state index contributed by atoms with van der Waals surface area (Å²) in [6.07, 6.45) is 1.11. The van der Waals surface area contributed by atoms with Crippen LogP contribution in [0.1, 0.15) is 19.5 Å². The number of piperazine rings is 1. The summed E-state index contributed by atoms with van der Waals surface area (Å²) in [6, 6.07) is 10.4. The topological polar surface area (TPSA) is 88.7 Å². The van der Waals surface area contributed by atoms with Crippen LogP contribution < -0.4 is 19.5 Å². The Morgan fingerprint density at radius 3 is 2.54 bits per heavy atom. The van der Waals surface area contributed by atoms with E-state index in [0.29, 0.717) is 46.4 Å². The van der Waals surface area contributed by atoms with Crippen LogP contribution in [0.4, 0.5) is 9.18 Å². The van der Waals surface area contributed by atoms with Gasteiger partial charge in [0.15, 0.2) is 23.1 Å². The molecule has 0 saturated carbocycles. The van der Waals surface area contributed by atoms with E-state index in [1.54, 1.807) is 47.5 Å². The van der Waals surface area contributed by atoms with E-state index in [0.717, 1.165) is 5.69 Å². The Kier molecular flexibility index (Phi) is 5.94. The van der Waals surface area contributed by atoms with Crippen molar-refractivity contribution >= 4 is 27.9 Å². The lowest BCUT2D eigenvalue weighted by Crippen LogP contribution is -2.56. The number of amides is 1. The molecule has 2 aromatic heterocycles. The molecule has 5 rings (SSSR count). The van der Waals surface area contributed by atoms with E-state index in [-0.39, 0.29) is 23.6 Å². The maximum Gasteiger partial charge on any atom is 0.415 e. The van der Waals surface area contributed by atoms with Crippen LogP contribution in [0.5, 0.6) is 23.0 Å². The molecule has 3 heterocycles. The number of benzene rings is 2. The molecule has 2 aromatic carbocycles. The average molecular weight is 479 g/mol. The molecule has 0 radical (unpaired) electrons. The maximum atomic E-state index is 15.1. The van der Waals surface area contributed by atoms with Crippen molar-refractivity contribution in [2.45, 2.75) is 32.9 Å². The van der Waals surface area contributed by atoms with E-state index >= 15 is 4.39 Å². The van der Waals surface area contributed by atoms with Crippen LogP contribution >= 0.6 is 0 Å². The zero-order chi connectivity index (χ0) is 24.7. The van der Waals surface area contributed by atoms with E-state index in [1.165, 1.54) is 7.11 Å². The third-order valence-corrected chi connectivity index (χ3v) is 6.06. The lowest BCUT2D eigenvalue weighted by atomic mass is 10.1. The van der Waals surface area contributed by atoms with Crippen LogP contribution in [0.2, 0.25) is 0 Å². The number of rotatable bonds is 4. The highest BCUT2D eigenvalue weighted by atomic mass is 19.1. The molecule has 1 aliphatic heterocycles. The maximum absolute atomic E-state index is 15.1. The van der Waals surface area contributed by atoms with Crippen molar-refractivity contribution in [1.82, 2.24) is 20.2 Å². The third-order valence-electron chi connectivity index (χ3n) is 6.06. The van der Waals surface area contributed by atoms with Gasteiger partial charge in [0.25, 0.3) is 0 Å². The molecule has 1 fully saturated rings. The van der Waals surface area contributed by atoms with E-state index in [1.807, 2.05) is 20.8 Å². The number of carbonyl (C=O) groups is 1. The molecule has 0 bridgehead atoms. The number of nitrogens with one attached hydrogen (secondary N) is 2. The minimum Gasteiger partial charge on any atom is -0.493 e. The van der Waals surface area contributed by atoms with E-state index in [2.05, 4.69) is 15.3 Å². The molecule has 9 heteroatoms. The van der Waals surface area contributed by atoms with Crippen molar-refractivity contribution in [2.75, 3.05) is 20.2 Å². The van der Waals surface area contributed by atoms with Crippen molar-refractivity contribution in [3.8, 4) is 23.0 Å². The van der Waals surface area contributed by atoms with Crippen LogP contribution in [-0.4, -0.2) is 53.2 Å². The van der Waals surface area contributed by atoms with Crippen molar-refractivity contribution < 1.29 is 23.4 Å². The highest BCUT2D eigenvalue weighted by molar-refractivity contribution is 5.89. The number of aromatic nitrogens is 2. The molecule has 35 heavy (non-hydrogen) atoms. The summed E-state index contributed by atoms with van der Waals surface area (Å²) in [5.41, 5.74) is 2.11. The van der Waals surface area contributed by atoms with Gasteiger partial charge in [0, 0.05) is 59.4 Å². The summed E-state index contributed by atoms with van der Waals surface area (Å²) < 4.78 is 32.3. The Morgan fingerprint density at radius 2 is 1.80 bits per heavy atom. The van der Waals surface area contributed by atoms with Gasteiger partial charge in [0.2, 0.25) is 0 Å². The van der Waals surface area contributed by atoms with Gasteiger partial charge in [-0.25, -0.2) is 9.18 Å². The molecule has 1 amide bonds. The summed E-state index contributed by atoms with van der Waals surface area (Å²) in [5.74, 6) is 0.604. The number of ether oxygens (including phenoxy) is 3. The monoisotopic (exact) mass is 478 g/mol. The number of halogens is 1. The van der Waals surface area contributed by atoms with Crippen molar-refractivity contribution in [3.05, 3.63) is 54.1 Å². The molecule has 0 spiro atoms. The fraction of sp³-hybridized carbons (Fsp3) is 0.308. The van der Waals surface area contributed by atoms with Crippen molar-refractivity contribution in [3.63, 3.8) is 0 Å². The summed E-state index contributed by atoms with van der Waals surface area (Å²) in [7, 11) is 1.50.